The average molecular weight is 1040 g/mol. The fourth-order valence-corrected chi connectivity index (χ4v) is 5.64. The van der Waals surface area contributed by atoms with Crippen LogP contribution in [0.15, 0.2) is 137 Å². The molecule has 0 atom stereocenters. The summed E-state index contributed by atoms with van der Waals surface area (Å²) in [6.45, 7) is 0. The van der Waals surface area contributed by atoms with Crippen molar-refractivity contribution in [3.63, 3.8) is 0 Å². The Hall–Kier alpha value is -3.86. The standard InChI is InChI=1S/C12H9BF3NO2.C12H7BrF3N.C7H3BrF3I.C5H6BNO2/c14-12(15,16)9-1-2-11(13(18)19)10(7-9)8-3-5-17-6-4-8;13-11-2-1-9(12(14,15)16)7-10(11)8-3-5-17-6-4-8;8-5-2-1-4(3-6(5)12)7(9,10)11;8-6(9)5-1-3-7-4-2-5/h1-7,18-19H;1-7H;1-3H;1-4,8-9H. The molecule has 0 amide bonds. The first kappa shape index (κ1) is 47.5. The topological polar surface area (TPSA) is 120 Å². The van der Waals surface area contributed by atoms with Crippen molar-refractivity contribution in [2.24, 2.45) is 0 Å². The molecular formula is C36H25B2Br2F9IN3O4. The second kappa shape index (κ2) is 21.2. The highest BCUT2D eigenvalue weighted by atomic mass is 127. The van der Waals surface area contributed by atoms with Crippen LogP contribution in [0.5, 0.6) is 0 Å². The Kier molecular flexibility index (Phi) is 17.7. The molecule has 6 aromatic rings. The Balaban J connectivity index is 0.000000211. The van der Waals surface area contributed by atoms with Crippen LogP contribution in [0.2, 0.25) is 0 Å². The lowest BCUT2D eigenvalue weighted by atomic mass is 9.75. The molecule has 0 spiro atoms. The summed E-state index contributed by atoms with van der Waals surface area (Å²) < 4.78 is 114. The van der Waals surface area contributed by atoms with Gasteiger partial charge in [-0.2, -0.15) is 39.5 Å². The van der Waals surface area contributed by atoms with Crippen molar-refractivity contribution in [2.45, 2.75) is 18.5 Å². The lowest BCUT2D eigenvalue weighted by molar-refractivity contribution is -0.138. The molecule has 0 fully saturated rings. The van der Waals surface area contributed by atoms with Gasteiger partial charge in [-0.3, -0.25) is 15.0 Å². The molecule has 6 rings (SSSR count). The molecule has 7 nitrogen and oxygen atoms in total. The van der Waals surface area contributed by atoms with Crippen LogP contribution in [0.3, 0.4) is 0 Å². The molecule has 0 radical (unpaired) electrons. The van der Waals surface area contributed by atoms with Crippen LogP contribution in [-0.2, 0) is 18.5 Å². The van der Waals surface area contributed by atoms with E-state index in [2.05, 4.69) is 46.8 Å². The van der Waals surface area contributed by atoms with Gasteiger partial charge in [0.2, 0.25) is 0 Å². The van der Waals surface area contributed by atoms with Gasteiger partial charge in [0, 0.05) is 49.7 Å². The maximum atomic E-state index is 12.7. The molecule has 0 aliphatic carbocycles. The van der Waals surface area contributed by atoms with Gasteiger partial charge in [0.25, 0.3) is 0 Å². The van der Waals surface area contributed by atoms with E-state index in [1.54, 1.807) is 36.7 Å². The lowest BCUT2D eigenvalue weighted by Crippen LogP contribution is -2.32. The number of benzene rings is 3. The zero-order valence-corrected chi connectivity index (χ0v) is 33.8. The first-order valence-corrected chi connectivity index (χ1v) is 18.3. The predicted octanol–water partition coefficient (Wildman–Crippen LogP) is 8.81. The van der Waals surface area contributed by atoms with Gasteiger partial charge in [-0.05, 0) is 151 Å². The van der Waals surface area contributed by atoms with Crippen LogP contribution in [0.25, 0.3) is 22.3 Å². The number of hydrogen-bond acceptors (Lipinski definition) is 7. The first-order valence-electron chi connectivity index (χ1n) is 15.6. The highest BCUT2D eigenvalue weighted by Crippen LogP contribution is 2.36. The third-order valence-electron chi connectivity index (χ3n) is 7.19. The minimum absolute atomic E-state index is 0.0131. The second-order valence-electron chi connectivity index (χ2n) is 11.1. The van der Waals surface area contributed by atoms with E-state index < -0.39 is 49.5 Å². The molecule has 21 heteroatoms. The highest BCUT2D eigenvalue weighted by Gasteiger charge is 2.33. The number of alkyl halides is 9. The average Bonchev–Trinajstić information content (AvgIpc) is 3.16. The van der Waals surface area contributed by atoms with Gasteiger partial charge in [0.1, 0.15) is 0 Å². The van der Waals surface area contributed by atoms with Crippen molar-refractivity contribution in [3.8, 4) is 22.3 Å². The molecule has 0 bridgehead atoms. The molecule has 3 heterocycles. The number of nitrogens with zero attached hydrogens (tertiary/aromatic N) is 3. The predicted molar refractivity (Wildman–Crippen MR) is 213 cm³/mol. The van der Waals surface area contributed by atoms with Crippen molar-refractivity contribution in [3.05, 3.63) is 157 Å². The molecule has 3 aromatic heterocycles. The van der Waals surface area contributed by atoms with Gasteiger partial charge < -0.3 is 20.1 Å². The smallest absolute Gasteiger partial charge is 0.423 e. The summed E-state index contributed by atoms with van der Waals surface area (Å²) in [4.78, 5) is 11.3. The monoisotopic (exact) mass is 1040 g/mol. The SMILES string of the molecule is FC(F)(F)c1ccc(Br)c(-c2ccncc2)c1.FC(F)(F)c1ccc(Br)c(I)c1.OB(O)c1ccc(C(F)(F)F)cc1-c1ccncc1.OB(O)c1ccncc1. The summed E-state index contributed by atoms with van der Waals surface area (Å²) in [5.74, 6) is 0. The molecule has 0 aliphatic heterocycles. The summed E-state index contributed by atoms with van der Waals surface area (Å²) in [6, 6.07) is 19.3. The molecule has 4 N–H and O–H groups in total. The van der Waals surface area contributed by atoms with Gasteiger partial charge >= 0.3 is 32.8 Å². The van der Waals surface area contributed by atoms with Crippen molar-refractivity contribution in [2.75, 3.05) is 0 Å². The number of halogens is 12. The second-order valence-corrected chi connectivity index (χ2v) is 14.0. The minimum atomic E-state index is -4.49. The number of rotatable bonds is 4. The zero-order chi connectivity index (χ0) is 42.6. The third-order valence-corrected chi connectivity index (χ3v) is 10.2. The van der Waals surface area contributed by atoms with E-state index in [9.17, 15) is 49.6 Å². The van der Waals surface area contributed by atoms with Crippen LogP contribution in [0, 0.1) is 3.57 Å². The van der Waals surface area contributed by atoms with Crippen LogP contribution in [0.4, 0.5) is 39.5 Å². The van der Waals surface area contributed by atoms with E-state index >= 15 is 0 Å². The summed E-state index contributed by atoms with van der Waals surface area (Å²) in [5.41, 5.74) is 0.104. The Bertz CT molecular complexity index is 2180. The highest BCUT2D eigenvalue weighted by molar-refractivity contribution is 14.1. The number of aromatic nitrogens is 3. The minimum Gasteiger partial charge on any atom is -0.423 e. The largest absolute Gasteiger partial charge is 0.489 e. The summed E-state index contributed by atoms with van der Waals surface area (Å²) in [5, 5.41) is 35.5. The molecule has 0 unspecified atom stereocenters. The fraction of sp³-hybridized carbons (Fsp3) is 0.0833. The quantitative estimate of drug-likeness (QED) is 0.0793. The van der Waals surface area contributed by atoms with Crippen molar-refractivity contribution in [1.82, 2.24) is 15.0 Å². The number of hydrogen-bond donors (Lipinski definition) is 4. The van der Waals surface area contributed by atoms with Crippen LogP contribution >= 0.6 is 54.5 Å². The van der Waals surface area contributed by atoms with Crippen molar-refractivity contribution in [1.29, 1.82) is 0 Å². The first-order chi connectivity index (χ1) is 26.6. The van der Waals surface area contributed by atoms with E-state index in [0.717, 1.165) is 42.5 Å². The molecule has 0 saturated carbocycles. The van der Waals surface area contributed by atoms with E-state index in [1.807, 2.05) is 22.6 Å². The summed E-state index contributed by atoms with van der Waals surface area (Å²) >= 11 is 8.21. The summed E-state index contributed by atoms with van der Waals surface area (Å²) in [7, 11) is -3.22. The Morgan fingerprint density at radius 1 is 0.456 bits per heavy atom. The Morgan fingerprint density at radius 2 is 0.825 bits per heavy atom. The van der Waals surface area contributed by atoms with Crippen LogP contribution in [0.1, 0.15) is 16.7 Å². The van der Waals surface area contributed by atoms with E-state index in [1.165, 1.54) is 49.1 Å². The van der Waals surface area contributed by atoms with Crippen LogP contribution in [-0.4, -0.2) is 49.3 Å². The van der Waals surface area contributed by atoms with Gasteiger partial charge in [-0.1, -0.05) is 28.1 Å². The van der Waals surface area contributed by atoms with Gasteiger partial charge in [-0.15, -0.1) is 0 Å². The Morgan fingerprint density at radius 3 is 1.21 bits per heavy atom. The van der Waals surface area contributed by atoms with Crippen molar-refractivity contribution < 1.29 is 59.6 Å². The van der Waals surface area contributed by atoms with Gasteiger partial charge in [0.05, 0.1) is 16.7 Å². The molecule has 57 heavy (non-hydrogen) atoms. The third kappa shape index (κ3) is 15.1. The fourth-order valence-electron chi connectivity index (χ4n) is 4.40. The zero-order valence-electron chi connectivity index (χ0n) is 28.4. The van der Waals surface area contributed by atoms with Crippen molar-refractivity contribution >= 4 is 79.6 Å². The molecule has 298 valence electrons. The van der Waals surface area contributed by atoms with Gasteiger partial charge in [-0.25, -0.2) is 0 Å². The molecule has 0 aliphatic rings. The normalized spacial score (nSPS) is 11.2. The lowest BCUT2D eigenvalue weighted by Gasteiger charge is -2.13. The molecular weight excluding hydrogens is 1020 g/mol. The maximum absolute atomic E-state index is 12.7. The summed E-state index contributed by atoms with van der Waals surface area (Å²) in [6.07, 6.45) is -4.12. The van der Waals surface area contributed by atoms with E-state index in [-0.39, 0.29) is 11.0 Å². The van der Waals surface area contributed by atoms with Crippen LogP contribution < -0.4 is 10.9 Å². The Labute approximate surface area is 350 Å². The molecule has 3 aromatic carbocycles. The van der Waals surface area contributed by atoms with E-state index in [4.69, 9.17) is 10.0 Å². The van der Waals surface area contributed by atoms with E-state index in [0.29, 0.717) is 34.7 Å². The number of pyridine rings is 3. The van der Waals surface area contributed by atoms with Gasteiger partial charge in [0.15, 0.2) is 0 Å². The molecule has 0 saturated heterocycles. The maximum Gasteiger partial charge on any atom is 0.489 e.